The molecule has 1 amide bonds. The molecule has 0 radical (unpaired) electrons. The fraction of sp³-hybridized carbons (Fsp3) is 0.556. The third-order valence-electron chi connectivity index (χ3n) is 2.09. The molecule has 0 unspecified atom stereocenters. The first-order valence-corrected chi connectivity index (χ1v) is 4.40. The first kappa shape index (κ1) is 9.59. The van der Waals surface area contributed by atoms with Gasteiger partial charge in [0.15, 0.2) is 0 Å². The molecule has 0 aromatic rings. The van der Waals surface area contributed by atoms with E-state index in [1.54, 1.807) is 12.3 Å². The van der Waals surface area contributed by atoms with Crippen LogP contribution in [0.25, 0.3) is 0 Å². The van der Waals surface area contributed by atoms with Gasteiger partial charge in [0.2, 0.25) is 0 Å². The molecule has 1 heterocycles. The number of likely N-dealkylation sites (tertiary alicyclic amines) is 1. The highest BCUT2D eigenvalue weighted by Gasteiger charge is 2.09. The van der Waals surface area contributed by atoms with Gasteiger partial charge in [-0.3, -0.25) is 4.79 Å². The van der Waals surface area contributed by atoms with Gasteiger partial charge in [-0.15, -0.1) is 0 Å². The van der Waals surface area contributed by atoms with Crippen LogP contribution in [0.4, 0.5) is 0 Å². The van der Waals surface area contributed by atoms with Gasteiger partial charge in [0.1, 0.15) is 11.6 Å². The van der Waals surface area contributed by atoms with Gasteiger partial charge in [-0.05, 0) is 19.3 Å². The smallest absolute Gasteiger partial charge is 0.260 e. The number of rotatable bonds is 2. The summed E-state index contributed by atoms with van der Waals surface area (Å²) in [4.78, 5) is 12.7. The molecule has 4 heteroatoms. The first-order valence-electron chi connectivity index (χ1n) is 4.40. The second kappa shape index (κ2) is 4.51. The van der Waals surface area contributed by atoms with Crippen LogP contribution in [-0.2, 0) is 4.79 Å². The number of hydrogen-bond donors (Lipinski definition) is 1. The van der Waals surface area contributed by atoms with Gasteiger partial charge in [0.25, 0.3) is 5.91 Å². The van der Waals surface area contributed by atoms with Crippen LogP contribution in [0.1, 0.15) is 19.3 Å². The number of nitrogens with two attached hydrogens (primary N) is 1. The highest BCUT2D eigenvalue weighted by molar-refractivity contribution is 5.95. The number of primary amides is 1. The highest BCUT2D eigenvalue weighted by atomic mass is 16.1. The number of nitriles is 1. The lowest BCUT2D eigenvalue weighted by atomic mass is 10.1. The van der Waals surface area contributed by atoms with Gasteiger partial charge in [0.05, 0.1) is 0 Å². The van der Waals surface area contributed by atoms with Crippen LogP contribution in [0.2, 0.25) is 0 Å². The fourth-order valence-electron chi connectivity index (χ4n) is 1.38. The lowest BCUT2D eigenvalue weighted by molar-refractivity contribution is -0.114. The molecule has 0 atom stereocenters. The molecule has 2 N–H and O–H groups in total. The quantitative estimate of drug-likeness (QED) is 0.491. The summed E-state index contributed by atoms with van der Waals surface area (Å²) in [6.45, 7) is 1.83. The van der Waals surface area contributed by atoms with E-state index in [-0.39, 0.29) is 5.57 Å². The van der Waals surface area contributed by atoms with Crippen LogP contribution in [0, 0.1) is 11.3 Å². The maximum absolute atomic E-state index is 10.7. The van der Waals surface area contributed by atoms with Crippen molar-refractivity contribution in [3.05, 3.63) is 11.8 Å². The Kier molecular flexibility index (Phi) is 3.32. The van der Waals surface area contributed by atoms with Gasteiger partial charge < -0.3 is 10.6 Å². The molecule has 0 saturated carbocycles. The molecule has 1 rings (SSSR count). The van der Waals surface area contributed by atoms with Crippen LogP contribution in [-0.4, -0.2) is 23.9 Å². The molecular weight excluding hydrogens is 166 g/mol. The van der Waals surface area contributed by atoms with Crippen molar-refractivity contribution >= 4 is 5.91 Å². The minimum atomic E-state index is -0.645. The number of carbonyl (C=O) groups is 1. The summed E-state index contributed by atoms with van der Waals surface area (Å²) in [5.74, 6) is -0.645. The molecule has 4 nitrogen and oxygen atoms in total. The first-order chi connectivity index (χ1) is 6.24. The lowest BCUT2D eigenvalue weighted by Gasteiger charge is -2.24. The van der Waals surface area contributed by atoms with Crippen LogP contribution >= 0.6 is 0 Å². The van der Waals surface area contributed by atoms with Crippen molar-refractivity contribution in [1.29, 1.82) is 5.26 Å². The minimum absolute atomic E-state index is 0.0434. The van der Waals surface area contributed by atoms with E-state index < -0.39 is 5.91 Å². The Bertz CT molecular complexity index is 259. The SMILES string of the molecule is N#C/C(=C/N1CCCCC1)C(N)=O. The van der Waals surface area contributed by atoms with Gasteiger partial charge in [-0.2, -0.15) is 5.26 Å². The van der Waals surface area contributed by atoms with Gasteiger partial charge >= 0.3 is 0 Å². The van der Waals surface area contributed by atoms with Crippen molar-refractivity contribution in [2.45, 2.75) is 19.3 Å². The summed E-state index contributed by atoms with van der Waals surface area (Å²) < 4.78 is 0. The predicted molar refractivity (Wildman–Crippen MR) is 48.3 cm³/mol. The Morgan fingerprint density at radius 2 is 2.00 bits per heavy atom. The minimum Gasteiger partial charge on any atom is -0.376 e. The van der Waals surface area contributed by atoms with Crippen LogP contribution in [0.3, 0.4) is 0 Å². The molecular formula is C9H13N3O. The summed E-state index contributed by atoms with van der Waals surface area (Å²) in [7, 11) is 0. The zero-order chi connectivity index (χ0) is 9.68. The van der Waals surface area contributed by atoms with E-state index in [1.165, 1.54) is 6.42 Å². The number of amides is 1. The average Bonchev–Trinajstić information content (AvgIpc) is 2.15. The zero-order valence-electron chi connectivity index (χ0n) is 7.49. The van der Waals surface area contributed by atoms with Crippen molar-refractivity contribution in [3.8, 4) is 6.07 Å². The van der Waals surface area contributed by atoms with E-state index in [0.29, 0.717) is 0 Å². The fourth-order valence-corrected chi connectivity index (χ4v) is 1.38. The Morgan fingerprint density at radius 3 is 2.46 bits per heavy atom. The van der Waals surface area contributed by atoms with E-state index in [2.05, 4.69) is 0 Å². The molecule has 13 heavy (non-hydrogen) atoms. The van der Waals surface area contributed by atoms with E-state index in [0.717, 1.165) is 25.9 Å². The molecule has 0 bridgehead atoms. The Balaban J connectivity index is 2.61. The summed E-state index contributed by atoms with van der Waals surface area (Å²) in [5, 5.41) is 8.58. The third-order valence-corrected chi connectivity index (χ3v) is 2.09. The summed E-state index contributed by atoms with van der Waals surface area (Å²) >= 11 is 0. The standard InChI is InChI=1S/C9H13N3O/c10-6-8(9(11)13)7-12-4-2-1-3-5-12/h7H,1-5H2,(H2,11,13)/b8-7-. The van der Waals surface area contributed by atoms with E-state index in [4.69, 9.17) is 11.0 Å². The lowest BCUT2D eigenvalue weighted by Crippen LogP contribution is -2.26. The normalized spacial score (nSPS) is 18.1. The Morgan fingerprint density at radius 1 is 1.38 bits per heavy atom. The van der Waals surface area contributed by atoms with E-state index >= 15 is 0 Å². The Labute approximate surface area is 77.6 Å². The highest BCUT2D eigenvalue weighted by Crippen LogP contribution is 2.09. The van der Waals surface area contributed by atoms with Gasteiger partial charge in [-0.1, -0.05) is 0 Å². The largest absolute Gasteiger partial charge is 0.376 e. The van der Waals surface area contributed by atoms with Gasteiger partial charge in [-0.25, -0.2) is 0 Å². The molecule has 0 aliphatic carbocycles. The number of piperidine rings is 1. The molecule has 1 fully saturated rings. The molecule has 1 aliphatic heterocycles. The number of carbonyl (C=O) groups excluding carboxylic acids is 1. The molecule has 70 valence electrons. The average molecular weight is 179 g/mol. The van der Waals surface area contributed by atoms with Crippen molar-refractivity contribution in [2.24, 2.45) is 5.73 Å². The number of nitrogens with zero attached hydrogens (tertiary/aromatic N) is 2. The van der Waals surface area contributed by atoms with Crippen molar-refractivity contribution in [3.63, 3.8) is 0 Å². The van der Waals surface area contributed by atoms with E-state index in [1.807, 2.05) is 4.90 Å². The van der Waals surface area contributed by atoms with Crippen LogP contribution < -0.4 is 5.73 Å². The van der Waals surface area contributed by atoms with E-state index in [9.17, 15) is 4.79 Å². The van der Waals surface area contributed by atoms with Crippen molar-refractivity contribution in [1.82, 2.24) is 4.90 Å². The zero-order valence-corrected chi connectivity index (χ0v) is 7.49. The van der Waals surface area contributed by atoms with Crippen molar-refractivity contribution < 1.29 is 4.79 Å². The molecule has 1 aliphatic rings. The number of hydrogen-bond acceptors (Lipinski definition) is 3. The third kappa shape index (κ3) is 2.79. The molecule has 0 aromatic heterocycles. The summed E-state index contributed by atoms with van der Waals surface area (Å²) in [6, 6.07) is 1.79. The predicted octanol–water partition coefficient (Wildman–Crippen LogP) is 0.365. The summed E-state index contributed by atoms with van der Waals surface area (Å²) in [6.07, 6.45) is 5.03. The second-order valence-corrected chi connectivity index (χ2v) is 3.12. The van der Waals surface area contributed by atoms with Crippen LogP contribution in [0.5, 0.6) is 0 Å². The molecule has 1 saturated heterocycles. The second-order valence-electron chi connectivity index (χ2n) is 3.12. The topological polar surface area (TPSA) is 70.1 Å². The summed E-state index contributed by atoms with van der Waals surface area (Å²) in [5.41, 5.74) is 5.05. The maximum atomic E-state index is 10.7. The Hall–Kier alpha value is -1.50. The van der Waals surface area contributed by atoms with Crippen LogP contribution in [0.15, 0.2) is 11.8 Å². The van der Waals surface area contributed by atoms with Crippen molar-refractivity contribution in [2.75, 3.05) is 13.1 Å². The van der Waals surface area contributed by atoms with Gasteiger partial charge in [0, 0.05) is 19.3 Å². The monoisotopic (exact) mass is 179 g/mol. The molecule has 0 spiro atoms. The maximum Gasteiger partial charge on any atom is 0.260 e. The molecule has 0 aromatic carbocycles.